The van der Waals surface area contributed by atoms with Crippen LogP contribution in [0.15, 0.2) is 29.2 Å². The largest absolute Gasteiger partial charge is 0.325 e. The van der Waals surface area contributed by atoms with E-state index in [1.807, 2.05) is 23.9 Å². The molecule has 1 aromatic rings. The predicted octanol–water partition coefficient (Wildman–Crippen LogP) is 4.46. The molecule has 0 bridgehead atoms. The van der Waals surface area contributed by atoms with E-state index in [2.05, 4.69) is 17.4 Å². The minimum Gasteiger partial charge on any atom is -0.325 e. The maximum atomic E-state index is 12.1. The Balaban J connectivity index is 1.67. The molecule has 2 aliphatic carbocycles. The SMILES string of the molecule is O=C(Nc1ccccc1SC1CCCC1)C1CCC1. The third-order valence-corrected chi connectivity index (χ3v) is 5.63. The van der Waals surface area contributed by atoms with Gasteiger partial charge in [-0.05, 0) is 37.8 Å². The van der Waals surface area contributed by atoms with Gasteiger partial charge in [-0.3, -0.25) is 4.79 Å². The van der Waals surface area contributed by atoms with Crippen LogP contribution in [-0.2, 0) is 4.79 Å². The van der Waals surface area contributed by atoms with Gasteiger partial charge in [-0.15, -0.1) is 11.8 Å². The summed E-state index contributed by atoms with van der Waals surface area (Å²) in [6.45, 7) is 0. The summed E-state index contributed by atoms with van der Waals surface area (Å²) in [6, 6.07) is 8.25. The molecule has 2 nitrogen and oxygen atoms in total. The summed E-state index contributed by atoms with van der Waals surface area (Å²) in [7, 11) is 0. The lowest BCUT2D eigenvalue weighted by Gasteiger charge is -2.24. The number of rotatable bonds is 4. The van der Waals surface area contributed by atoms with Crippen LogP contribution in [0.3, 0.4) is 0 Å². The summed E-state index contributed by atoms with van der Waals surface area (Å²) in [5.41, 5.74) is 1.01. The van der Waals surface area contributed by atoms with E-state index >= 15 is 0 Å². The molecule has 3 heteroatoms. The van der Waals surface area contributed by atoms with E-state index < -0.39 is 0 Å². The summed E-state index contributed by atoms with van der Waals surface area (Å²) >= 11 is 1.94. The molecule has 0 spiro atoms. The van der Waals surface area contributed by atoms with Gasteiger partial charge in [0.05, 0.1) is 5.69 Å². The second-order valence-corrected chi connectivity index (χ2v) is 6.98. The number of benzene rings is 1. The Labute approximate surface area is 119 Å². The quantitative estimate of drug-likeness (QED) is 0.879. The lowest BCUT2D eigenvalue weighted by molar-refractivity contribution is -0.122. The zero-order valence-corrected chi connectivity index (χ0v) is 12.0. The van der Waals surface area contributed by atoms with Crippen LogP contribution in [-0.4, -0.2) is 11.2 Å². The Morgan fingerprint density at radius 2 is 1.79 bits per heavy atom. The van der Waals surface area contributed by atoms with Gasteiger partial charge >= 0.3 is 0 Å². The average Bonchev–Trinajstić information content (AvgIpc) is 2.82. The number of para-hydroxylation sites is 1. The first-order valence-corrected chi connectivity index (χ1v) is 8.27. The molecule has 0 heterocycles. The molecule has 3 rings (SSSR count). The van der Waals surface area contributed by atoms with Crippen molar-refractivity contribution in [3.8, 4) is 0 Å². The van der Waals surface area contributed by atoms with Gasteiger partial charge in [0.1, 0.15) is 0 Å². The van der Waals surface area contributed by atoms with Crippen LogP contribution in [0.2, 0.25) is 0 Å². The lowest BCUT2D eigenvalue weighted by Crippen LogP contribution is -2.28. The van der Waals surface area contributed by atoms with Crippen molar-refractivity contribution in [2.45, 2.75) is 55.1 Å². The second kappa shape index (κ2) is 6.00. The maximum absolute atomic E-state index is 12.1. The minimum absolute atomic E-state index is 0.214. The molecule has 0 atom stereocenters. The van der Waals surface area contributed by atoms with Crippen LogP contribution in [0, 0.1) is 5.92 Å². The zero-order valence-electron chi connectivity index (χ0n) is 11.2. The van der Waals surface area contributed by atoms with Gasteiger partial charge in [0.25, 0.3) is 0 Å². The van der Waals surface area contributed by atoms with Crippen molar-refractivity contribution in [2.24, 2.45) is 5.92 Å². The van der Waals surface area contributed by atoms with Gasteiger partial charge in [-0.1, -0.05) is 31.4 Å². The van der Waals surface area contributed by atoms with Gasteiger partial charge in [-0.2, -0.15) is 0 Å². The molecule has 2 saturated carbocycles. The standard InChI is InChI=1S/C16H21NOS/c18-16(12-6-5-7-12)17-14-10-3-4-11-15(14)19-13-8-1-2-9-13/h3-4,10-13H,1-2,5-9H2,(H,17,18). The molecule has 2 fully saturated rings. The van der Waals surface area contributed by atoms with E-state index in [9.17, 15) is 4.79 Å². The number of amides is 1. The molecule has 1 N–H and O–H groups in total. The average molecular weight is 275 g/mol. The van der Waals surface area contributed by atoms with Crippen LogP contribution >= 0.6 is 11.8 Å². The molecular formula is C16H21NOS. The Hall–Kier alpha value is -0.960. The third kappa shape index (κ3) is 3.14. The highest BCUT2D eigenvalue weighted by atomic mass is 32.2. The van der Waals surface area contributed by atoms with E-state index in [-0.39, 0.29) is 11.8 Å². The van der Waals surface area contributed by atoms with Gasteiger partial charge < -0.3 is 5.32 Å². The Bertz CT molecular complexity index is 450. The Kier molecular flexibility index (Phi) is 4.12. The molecule has 1 aromatic carbocycles. The first-order chi connectivity index (χ1) is 9.33. The van der Waals surface area contributed by atoms with E-state index in [0.29, 0.717) is 0 Å². The van der Waals surface area contributed by atoms with Crippen LogP contribution in [0.4, 0.5) is 5.69 Å². The number of hydrogen-bond donors (Lipinski definition) is 1. The Morgan fingerprint density at radius 1 is 1.05 bits per heavy atom. The summed E-state index contributed by atoms with van der Waals surface area (Å²) in [6.07, 6.45) is 8.66. The van der Waals surface area contributed by atoms with Crippen molar-refractivity contribution in [2.75, 3.05) is 5.32 Å². The molecule has 0 aliphatic heterocycles. The number of carbonyl (C=O) groups is 1. The predicted molar refractivity (Wildman–Crippen MR) is 80.5 cm³/mol. The fraction of sp³-hybridized carbons (Fsp3) is 0.562. The third-order valence-electron chi connectivity index (χ3n) is 4.22. The van der Waals surface area contributed by atoms with Crippen LogP contribution in [0.25, 0.3) is 0 Å². The van der Waals surface area contributed by atoms with Crippen molar-refractivity contribution < 1.29 is 4.79 Å². The van der Waals surface area contributed by atoms with Crippen LogP contribution in [0.1, 0.15) is 44.9 Å². The highest BCUT2D eigenvalue weighted by Gasteiger charge is 2.26. The van der Waals surface area contributed by atoms with E-state index in [1.165, 1.54) is 37.0 Å². The van der Waals surface area contributed by atoms with Gasteiger partial charge in [0.15, 0.2) is 0 Å². The van der Waals surface area contributed by atoms with Crippen molar-refractivity contribution >= 4 is 23.4 Å². The molecule has 0 unspecified atom stereocenters. The van der Waals surface area contributed by atoms with Gasteiger partial charge in [-0.25, -0.2) is 0 Å². The monoisotopic (exact) mass is 275 g/mol. The topological polar surface area (TPSA) is 29.1 Å². The zero-order chi connectivity index (χ0) is 13.1. The maximum Gasteiger partial charge on any atom is 0.227 e. The molecule has 102 valence electrons. The van der Waals surface area contributed by atoms with Crippen molar-refractivity contribution in [3.05, 3.63) is 24.3 Å². The lowest BCUT2D eigenvalue weighted by atomic mass is 9.85. The smallest absolute Gasteiger partial charge is 0.227 e. The normalized spacial score (nSPS) is 20.2. The van der Waals surface area contributed by atoms with Crippen molar-refractivity contribution in [1.82, 2.24) is 0 Å². The number of anilines is 1. The first kappa shape index (κ1) is 13.0. The van der Waals surface area contributed by atoms with Gasteiger partial charge in [0.2, 0.25) is 5.91 Å². The van der Waals surface area contributed by atoms with Crippen LogP contribution < -0.4 is 5.32 Å². The van der Waals surface area contributed by atoms with Crippen molar-refractivity contribution in [3.63, 3.8) is 0 Å². The van der Waals surface area contributed by atoms with Crippen LogP contribution in [0.5, 0.6) is 0 Å². The molecule has 19 heavy (non-hydrogen) atoms. The van der Waals surface area contributed by atoms with Crippen molar-refractivity contribution in [1.29, 1.82) is 0 Å². The summed E-state index contributed by atoms with van der Waals surface area (Å²) in [4.78, 5) is 13.3. The number of thioether (sulfide) groups is 1. The first-order valence-electron chi connectivity index (χ1n) is 7.39. The number of carbonyl (C=O) groups excluding carboxylic acids is 1. The molecule has 2 aliphatic rings. The minimum atomic E-state index is 0.214. The fourth-order valence-electron chi connectivity index (χ4n) is 2.76. The number of nitrogens with one attached hydrogen (secondary N) is 1. The van der Waals surface area contributed by atoms with E-state index in [0.717, 1.165) is 23.8 Å². The molecule has 0 aromatic heterocycles. The highest BCUT2D eigenvalue weighted by Crippen LogP contribution is 2.38. The summed E-state index contributed by atoms with van der Waals surface area (Å²) < 4.78 is 0. The molecule has 1 amide bonds. The molecule has 0 saturated heterocycles. The van der Waals surface area contributed by atoms with Gasteiger partial charge in [0, 0.05) is 16.1 Å². The second-order valence-electron chi connectivity index (χ2n) is 5.64. The number of hydrogen-bond acceptors (Lipinski definition) is 2. The summed E-state index contributed by atoms with van der Waals surface area (Å²) in [5.74, 6) is 0.468. The Morgan fingerprint density at radius 3 is 2.47 bits per heavy atom. The van der Waals surface area contributed by atoms with E-state index in [4.69, 9.17) is 0 Å². The molecular weight excluding hydrogens is 254 g/mol. The van der Waals surface area contributed by atoms with E-state index in [1.54, 1.807) is 0 Å². The fourth-order valence-corrected chi connectivity index (χ4v) is 4.09. The summed E-state index contributed by atoms with van der Waals surface area (Å²) in [5, 5.41) is 3.86. The highest BCUT2D eigenvalue weighted by molar-refractivity contribution is 8.00. The molecule has 0 radical (unpaired) electrons.